The third kappa shape index (κ3) is 5.92. The van der Waals surface area contributed by atoms with Crippen LogP contribution in [0.2, 0.25) is 5.02 Å². The number of nitrogens with zero attached hydrogens (tertiary/aromatic N) is 1. The van der Waals surface area contributed by atoms with Crippen LogP contribution in [-0.2, 0) is 4.79 Å². The Hall–Kier alpha value is -1.66. The van der Waals surface area contributed by atoms with E-state index in [1.54, 1.807) is 0 Å². The minimum atomic E-state index is -0.513. The van der Waals surface area contributed by atoms with Crippen molar-refractivity contribution in [2.75, 3.05) is 19.6 Å². The lowest BCUT2D eigenvalue weighted by atomic mass is 9.86. The van der Waals surface area contributed by atoms with Gasteiger partial charge in [-0.1, -0.05) is 11.6 Å². The monoisotopic (exact) mass is 423 g/mol. The van der Waals surface area contributed by atoms with Crippen molar-refractivity contribution in [1.29, 1.82) is 0 Å². The first-order valence-electron chi connectivity index (χ1n) is 10.5. The van der Waals surface area contributed by atoms with Crippen molar-refractivity contribution in [1.82, 2.24) is 15.5 Å². The summed E-state index contributed by atoms with van der Waals surface area (Å²) in [6.45, 7) is 6.09. The van der Waals surface area contributed by atoms with Crippen LogP contribution in [0.15, 0.2) is 18.2 Å². The van der Waals surface area contributed by atoms with Gasteiger partial charge in [0.2, 0.25) is 5.91 Å². The van der Waals surface area contributed by atoms with Crippen molar-refractivity contribution in [3.63, 3.8) is 0 Å². The highest BCUT2D eigenvalue weighted by Crippen LogP contribution is 2.28. The molecule has 1 heterocycles. The first-order chi connectivity index (χ1) is 13.7. The summed E-state index contributed by atoms with van der Waals surface area (Å²) in [5.41, 5.74) is 0.217. The number of halogens is 2. The van der Waals surface area contributed by atoms with Crippen molar-refractivity contribution in [2.45, 2.75) is 64.0 Å². The van der Waals surface area contributed by atoms with Crippen molar-refractivity contribution < 1.29 is 14.0 Å². The van der Waals surface area contributed by atoms with Gasteiger partial charge in [-0.2, -0.15) is 0 Å². The highest BCUT2D eigenvalue weighted by atomic mass is 35.5. The van der Waals surface area contributed by atoms with E-state index in [9.17, 15) is 14.0 Å². The Balaban J connectivity index is 1.37. The molecule has 160 valence electrons. The zero-order valence-electron chi connectivity index (χ0n) is 17.3. The van der Waals surface area contributed by atoms with Gasteiger partial charge in [0, 0.05) is 35.3 Å². The van der Waals surface area contributed by atoms with Gasteiger partial charge in [0.15, 0.2) is 0 Å². The maximum atomic E-state index is 13.4. The van der Waals surface area contributed by atoms with E-state index in [2.05, 4.69) is 24.5 Å². The second-order valence-corrected chi connectivity index (χ2v) is 9.36. The Morgan fingerprint density at radius 3 is 2.55 bits per heavy atom. The molecule has 1 saturated heterocycles. The lowest BCUT2D eigenvalue weighted by molar-refractivity contribution is -0.133. The molecule has 5 nitrogen and oxygen atoms in total. The zero-order valence-corrected chi connectivity index (χ0v) is 18.0. The molecule has 1 aliphatic carbocycles. The predicted molar refractivity (Wildman–Crippen MR) is 113 cm³/mol. The van der Waals surface area contributed by atoms with Crippen LogP contribution >= 0.6 is 11.6 Å². The number of carbonyl (C=O) groups excluding carboxylic acids is 2. The van der Waals surface area contributed by atoms with Gasteiger partial charge in [-0.25, -0.2) is 4.39 Å². The normalized spacial score (nSPS) is 23.8. The number of hydrogen-bond donors (Lipinski definition) is 2. The second kappa shape index (κ2) is 9.43. The SMILES string of the molecule is CC1(C)CCCN1C(=O)CN[C@H]1CC[C@@H](CNC(=O)c2cc(F)cc(Cl)c2)CC1. The summed E-state index contributed by atoms with van der Waals surface area (Å²) in [7, 11) is 0. The summed E-state index contributed by atoms with van der Waals surface area (Å²) in [4.78, 5) is 26.7. The van der Waals surface area contributed by atoms with Gasteiger partial charge in [0.05, 0.1) is 6.54 Å². The van der Waals surface area contributed by atoms with Gasteiger partial charge >= 0.3 is 0 Å². The van der Waals surface area contributed by atoms with E-state index in [0.29, 0.717) is 25.0 Å². The number of nitrogens with one attached hydrogen (secondary N) is 2. The molecule has 1 saturated carbocycles. The molecular weight excluding hydrogens is 393 g/mol. The molecule has 0 atom stereocenters. The zero-order chi connectivity index (χ0) is 21.0. The largest absolute Gasteiger partial charge is 0.352 e. The molecule has 2 fully saturated rings. The minimum absolute atomic E-state index is 0.0273. The van der Waals surface area contributed by atoms with Crippen molar-refractivity contribution >= 4 is 23.4 Å². The molecule has 7 heteroatoms. The van der Waals surface area contributed by atoms with Crippen LogP contribution in [0.3, 0.4) is 0 Å². The van der Waals surface area contributed by atoms with Crippen molar-refractivity contribution in [3.05, 3.63) is 34.6 Å². The molecule has 0 unspecified atom stereocenters. The van der Waals surface area contributed by atoms with Gasteiger partial charge in [-0.3, -0.25) is 9.59 Å². The summed E-state index contributed by atoms with van der Waals surface area (Å²) in [5, 5.41) is 6.53. The predicted octanol–water partition coefficient (Wildman–Crippen LogP) is 3.76. The molecular formula is C22H31ClFN3O2. The molecule has 2 amide bonds. The van der Waals surface area contributed by atoms with E-state index in [1.807, 2.05) is 4.90 Å². The summed E-state index contributed by atoms with van der Waals surface area (Å²) in [6, 6.07) is 4.20. The number of carbonyl (C=O) groups is 2. The molecule has 2 N–H and O–H groups in total. The summed E-state index contributed by atoms with van der Waals surface area (Å²) in [6.07, 6.45) is 6.11. The molecule has 1 aromatic carbocycles. The Bertz CT molecular complexity index is 727. The van der Waals surface area contributed by atoms with E-state index in [1.165, 1.54) is 18.2 Å². The molecule has 1 aliphatic heterocycles. The Kier molecular flexibility index (Phi) is 7.17. The van der Waals surface area contributed by atoms with Gasteiger partial charge in [0.25, 0.3) is 5.91 Å². The van der Waals surface area contributed by atoms with Crippen molar-refractivity contribution in [2.24, 2.45) is 5.92 Å². The van der Waals surface area contributed by atoms with Crippen LogP contribution in [0.4, 0.5) is 4.39 Å². The highest BCUT2D eigenvalue weighted by molar-refractivity contribution is 6.31. The maximum Gasteiger partial charge on any atom is 0.251 e. The van der Waals surface area contributed by atoms with Crippen LogP contribution < -0.4 is 10.6 Å². The minimum Gasteiger partial charge on any atom is -0.352 e. The number of benzene rings is 1. The number of likely N-dealkylation sites (tertiary alicyclic amines) is 1. The fourth-order valence-electron chi connectivity index (χ4n) is 4.49. The van der Waals surface area contributed by atoms with Gasteiger partial charge in [0.1, 0.15) is 5.82 Å². The van der Waals surface area contributed by atoms with Crippen molar-refractivity contribution in [3.8, 4) is 0 Å². The maximum absolute atomic E-state index is 13.4. The molecule has 1 aromatic rings. The summed E-state index contributed by atoms with van der Waals surface area (Å²) >= 11 is 5.81. The van der Waals surface area contributed by atoms with Crippen LogP contribution in [-0.4, -0.2) is 47.9 Å². The lowest BCUT2D eigenvalue weighted by Crippen LogP contribution is -2.48. The Morgan fingerprint density at radius 2 is 1.93 bits per heavy atom. The third-order valence-electron chi connectivity index (χ3n) is 6.27. The van der Waals surface area contributed by atoms with E-state index in [-0.39, 0.29) is 27.9 Å². The van der Waals surface area contributed by atoms with Gasteiger partial charge in [-0.05, 0) is 76.5 Å². The van der Waals surface area contributed by atoms with Crippen LogP contribution in [0.25, 0.3) is 0 Å². The second-order valence-electron chi connectivity index (χ2n) is 8.93. The van der Waals surface area contributed by atoms with Crippen LogP contribution in [0, 0.1) is 11.7 Å². The molecule has 29 heavy (non-hydrogen) atoms. The van der Waals surface area contributed by atoms with E-state index in [4.69, 9.17) is 11.6 Å². The van der Waals surface area contributed by atoms with E-state index >= 15 is 0 Å². The van der Waals surface area contributed by atoms with Crippen LogP contribution in [0.5, 0.6) is 0 Å². The molecule has 0 spiro atoms. The van der Waals surface area contributed by atoms with Crippen LogP contribution in [0.1, 0.15) is 62.7 Å². The Morgan fingerprint density at radius 1 is 1.21 bits per heavy atom. The quantitative estimate of drug-likeness (QED) is 0.732. The smallest absolute Gasteiger partial charge is 0.251 e. The number of rotatable bonds is 6. The lowest BCUT2D eigenvalue weighted by Gasteiger charge is -2.33. The third-order valence-corrected chi connectivity index (χ3v) is 6.49. The van der Waals surface area contributed by atoms with E-state index in [0.717, 1.165) is 45.1 Å². The summed E-state index contributed by atoms with van der Waals surface area (Å²) in [5.74, 6) is -0.226. The molecule has 2 aliphatic rings. The molecule has 3 rings (SSSR count). The topological polar surface area (TPSA) is 61.4 Å². The van der Waals surface area contributed by atoms with Gasteiger partial charge in [-0.15, -0.1) is 0 Å². The van der Waals surface area contributed by atoms with Gasteiger partial charge < -0.3 is 15.5 Å². The molecule has 0 aromatic heterocycles. The Labute approximate surface area is 177 Å². The molecule has 0 radical (unpaired) electrons. The highest BCUT2D eigenvalue weighted by Gasteiger charge is 2.35. The summed E-state index contributed by atoms with van der Waals surface area (Å²) < 4.78 is 13.4. The fraction of sp³-hybridized carbons (Fsp3) is 0.636. The number of hydrogen-bond acceptors (Lipinski definition) is 3. The first-order valence-corrected chi connectivity index (χ1v) is 10.9. The standard InChI is InChI=1S/C22H31ClFN3O2/c1-22(2)8-3-9-27(22)20(28)14-25-19-6-4-15(5-7-19)13-26-21(29)16-10-17(23)12-18(24)11-16/h10-12,15,19,25H,3-9,13-14H2,1-2H3,(H,26,29)/t15-,19+. The molecule has 0 bridgehead atoms. The average Bonchev–Trinajstić information content (AvgIpc) is 3.03. The average molecular weight is 424 g/mol. The van der Waals surface area contributed by atoms with E-state index < -0.39 is 5.82 Å². The fourth-order valence-corrected chi connectivity index (χ4v) is 4.71. The number of amides is 2. The first kappa shape index (κ1) is 22.0.